The fourth-order valence-electron chi connectivity index (χ4n) is 3.38. The number of hydrogen-bond acceptors (Lipinski definition) is 6. The first-order chi connectivity index (χ1) is 16.4. The number of rotatable bonds is 7. The first kappa shape index (κ1) is 23.3. The van der Waals surface area contributed by atoms with Crippen molar-refractivity contribution < 1.29 is 19.1 Å². The van der Waals surface area contributed by atoms with Crippen molar-refractivity contribution in [3.8, 4) is 23.0 Å². The lowest BCUT2D eigenvalue weighted by molar-refractivity contribution is 0.0977. The number of aryl methyl sites for hydroxylation is 1. The lowest BCUT2D eigenvalue weighted by atomic mass is 10.1. The highest BCUT2D eigenvalue weighted by Crippen LogP contribution is 2.36. The van der Waals surface area contributed by atoms with Gasteiger partial charge < -0.3 is 19.6 Å². The van der Waals surface area contributed by atoms with Crippen LogP contribution in [0.25, 0.3) is 22.6 Å². The maximum absolute atomic E-state index is 12.6. The summed E-state index contributed by atoms with van der Waals surface area (Å²) < 4.78 is 11.4. The zero-order valence-electron chi connectivity index (χ0n) is 18.9. The number of ether oxygens (including phenoxy) is 1. The molecule has 3 aromatic carbocycles. The van der Waals surface area contributed by atoms with Gasteiger partial charge >= 0.3 is 0 Å². The second-order valence-corrected chi connectivity index (χ2v) is 8.22. The van der Waals surface area contributed by atoms with Gasteiger partial charge in [-0.25, -0.2) is 4.98 Å². The molecule has 0 aliphatic rings. The van der Waals surface area contributed by atoms with Crippen LogP contribution in [0, 0.1) is 6.92 Å². The highest BCUT2D eigenvalue weighted by atomic mass is 32.1. The number of phenols is 1. The Kier molecular flexibility index (Phi) is 7.08. The van der Waals surface area contributed by atoms with Crippen molar-refractivity contribution in [1.29, 1.82) is 0 Å². The smallest absolute Gasteiger partial charge is 0.257 e. The number of thiocarbonyl (C=S) groups is 1. The van der Waals surface area contributed by atoms with Crippen LogP contribution in [0.4, 0.5) is 5.69 Å². The van der Waals surface area contributed by atoms with Crippen molar-refractivity contribution in [2.45, 2.75) is 26.7 Å². The van der Waals surface area contributed by atoms with E-state index in [0.717, 1.165) is 18.6 Å². The van der Waals surface area contributed by atoms with E-state index in [1.807, 2.05) is 24.3 Å². The Bertz CT molecular complexity index is 1300. The monoisotopic (exact) mass is 475 g/mol. The number of unbranched alkanes of at least 4 members (excludes halogenated alkanes) is 1. The van der Waals surface area contributed by atoms with Gasteiger partial charge in [0, 0.05) is 11.3 Å². The summed E-state index contributed by atoms with van der Waals surface area (Å²) in [7, 11) is 0. The number of oxazole rings is 1. The number of hydrogen-bond donors (Lipinski definition) is 3. The summed E-state index contributed by atoms with van der Waals surface area (Å²) in [5.74, 6) is 0.735. The molecule has 1 aromatic heterocycles. The number of amides is 1. The minimum absolute atomic E-state index is 0.0632. The summed E-state index contributed by atoms with van der Waals surface area (Å²) in [4.78, 5) is 17.0. The lowest BCUT2D eigenvalue weighted by Gasteiger charge is -2.13. The van der Waals surface area contributed by atoms with Gasteiger partial charge in [0.15, 0.2) is 10.7 Å². The molecule has 0 bridgehead atoms. The van der Waals surface area contributed by atoms with Crippen molar-refractivity contribution in [3.05, 3.63) is 71.8 Å². The molecule has 0 saturated carbocycles. The van der Waals surface area contributed by atoms with Gasteiger partial charge in [-0.2, -0.15) is 0 Å². The Morgan fingerprint density at radius 1 is 1.15 bits per heavy atom. The molecule has 0 spiro atoms. The minimum Gasteiger partial charge on any atom is -0.507 e. The molecule has 3 N–H and O–H groups in total. The Hall–Kier alpha value is -3.91. The first-order valence-corrected chi connectivity index (χ1v) is 11.4. The molecule has 1 heterocycles. The highest BCUT2D eigenvalue weighted by molar-refractivity contribution is 7.80. The van der Waals surface area contributed by atoms with Crippen LogP contribution in [0.2, 0.25) is 0 Å². The molecule has 0 fully saturated rings. The maximum Gasteiger partial charge on any atom is 0.257 e. The van der Waals surface area contributed by atoms with Crippen molar-refractivity contribution in [2.24, 2.45) is 0 Å². The molecule has 0 radical (unpaired) electrons. The molecule has 0 aliphatic heterocycles. The van der Waals surface area contributed by atoms with E-state index < -0.39 is 0 Å². The SMILES string of the molecule is CCCCOc1ccc(C(=O)NC(=S)Nc2cc(C)c(O)c(-c3nc4ccccc4o3)c2)cc1. The maximum atomic E-state index is 12.6. The van der Waals surface area contributed by atoms with Crippen molar-refractivity contribution >= 4 is 40.0 Å². The predicted octanol–water partition coefficient (Wildman–Crippen LogP) is 5.81. The molecule has 34 heavy (non-hydrogen) atoms. The van der Waals surface area contributed by atoms with E-state index in [-0.39, 0.29) is 16.8 Å². The van der Waals surface area contributed by atoms with Gasteiger partial charge in [0.05, 0.1) is 12.2 Å². The van der Waals surface area contributed by atoms with Gasteiger partial charge in [0.2, 0.25) is 5.89 Å². The second kappa shape index (κ2) is 10.4. The summed E-state index contributed by atoms with van der Waals surface area (Å²) in [6, 6.07) is 17.7. The van der Waals surface area contributed by atoms with Gasteiger partial charge in [-0.3, -0.25) is 10.1 Å². The largest absolute Gasteiger partial charge is 0.507 e. The van der Waals surface area contributed by atoms with Crippen LogP contribution in [0.5, 0.6) is 11.5 Å². The number of carbonyl (C=O) groups is 1. The summed E-state index contributed by atoms with van der Waals surface area (Å²) in [6.07, 6.45) is 2.04. The molecule has 8 heteroatoms. The third kappa shape index (κ3) is 5.35. The zero-order chi connectivity index (χ0) is 24.1. The quantitative estimate of drug-likeness (QED) is 0.176. The number of carbonyl (C=O) groups excluding carboxylic acids is 1. The summed E-state index contributed by atoms with van der Waals surface area (Å²) >= 11 is 5.33. The summed E-state index contributed by atoms with van der Waals surface area (Å²) in [6.45, 7) is 4.51. The molecule has 0 aliphatic carbocycles. The standard InChI is InChI=1S/C26H25N3O4S/c1-3-4-13-32-19-11-9-17(10-12-19)24(31)29-26(34)27-18-14-16(2)23(30)20(15-18)25-28-21-7-5-6-8-22(21)33-25/h5-12,14-15,30H,3-4,13H2,1-2H3,(H2,27,29,31,34). The number of fused-ring (bicyclic) bond motifs is 1. The molecule has 7 nitrogen and oxygen atoms in total. The predicted molar refractivity (Wildman–Crippen MR) is 136 cm³/mol. The molecule has 0 atom stereocenters. The van der Waals surface area contributed by atoms with E-state index in [9.17, 15) is 9.90 Å². The van der Waals surface area contributed by atoms with Crippen LogP contribution in [0.15, 0.2) is 65.1 Å². The van der Waals surface area contributed by atoms with Crippen molar-refractivity contribution in [1.82, 2.24) is 10.3 Å². The Balaban J connectivity index is 1.45. The Labute approximate surface area is 202 Å². The molecule has 1 amide bonds. The van der Waals surface area contributed by atoms with E-state index in [2.05, 4.69) is 22.5 Å². The highest BCUT2D eigenvalue weighted by Gasteiger charge is 2.16. The third-order valence-corrected chi connectivity index (χ3v) is 5.40. The topological polar surface area (TPSA) is 96.6 Å². The molecule has 4 rings (SSSR count). The van der Waals surface area contributed by atoms with E-state index in [0.29, 0.717) is 46.0 Å². The Morgan fingerprint density at radius 3 is 2.65 bits per heavy atom. The number of aromatic hydroxyl groups is 1. The van der Waals surface area contributed by atoms with Gasteiger partial charge in [-0.1, -0.05) is 25.5 Å². The van der Waals surface area contributed by atoms with Gasteiger partial charge in [0.1, 0.15) is 17.0 Å². The molecule has 4 aromatic rings. The number of aromatic nitrogens is 1. The normalized spacial score (nSPS) is 10.8. The van der Waals surface area contributed by atoms with Crippen molar-refractivity contribution in [2.75, 3.05) is 11.9 Å². The average molecular weight is 476 g/mol. The zero-order valence-corrected chi connectivity index (χ0v) is 19.7. The number of para-hydroxylation sites is 2. The number of nitrogens with zero attached hydrogens (tertiary/aromatic N) is 1. The van der Waals surface area contributed by atoms with E-state index >= 15 is 0 Å². The third-order valence-electron chi connectivity index (χ3n) is 5.19. The summed E-state index contributed by atoms with van der Waals surface area (Å²) in [5, 5.41) is 16.4. The van der Waals surface area contributed by atoms with Crippen LogP contribution in [-0.2, 0) is 0 Å². The molecular weight excluding hydrogens is 450 g/mol. The first-order valence-electron chi connectivity index (χ1n) is 11.0. The number of phenolic OH excluding ortho intramolecular Hbond substituents is 1. The van der Waals surface area contributed by atoms with Gasteiger partial charge in [-0.15, -0.1) is 0 Å². The number of nitrogens with one attached hydrogen (secondary N) is 2. The van der Waals surface area contributed by atoms with Crippen LogP contribution < -0.4 is 15.4 Å². The van der Waals surface area contributed by atoms with E-state index in [1.54, 1.807) is 43.3 Å². The summed E-state index contributed by atoms with van der Waals surface area (Å²) in [5.41, 5.74) is 3.38. The van der Waals surface area contributed by atoms with Crippen LogP contribution in [0.1, 0.15) is 35.7 Å². The number of benzene rings is 3. The van der Waals surface area contributed by atoms with Crippen LogP contribution in [-0.4, -0.2) is 27.7 Å². The van der Waals surface area contributed by atoms with E-state index in [4.69, 9.17) is 21.4 Å². The molecule has 174 valence electrons. The lowest BCUT2D eigenvalue weighted by Crippen LogP contribution is -2.34. The van der Waals surface area contributed by atoms with Crippen molar-refractivity contribution in [3.63, 3.8) is 0 Å². The average Bonchev–Trinajstić information content (AvgIpc) is 3.26. The van der Waals surface area contributed by atoms with Gasteiger partial charge in [0.25, 0.3) is 5.91 Å². The molecule has 0 saturated heterocycles. The van der Waals surface area contributed by atoms with Gasteiger partial charge in [-0.05, 0) is 79.7 Å². The van der Waals surface area contributed by atoms with Crippen LogP contribution in [0.3, 0.4) is 0 Å². The molecule has 0 unspecified atom stereocenters. The van der Waals surface area contributed by atoms with E-state index in [1.165, 1.54) is 0 Å². The molecular formula is C26H25N3O4S. The minimum atomic E-state index is -0.340. The Morgan fingerprint density at radius 2 is 1.91 bits per heavy atom. The fraction of sp³-hybridized carbons (Fsp3) is 0.192. The fourth-order valence-corrected chi connectivity index (χ4v) is 3.59. The van der Waals surface area contributed by atoms with Crippen LogP contribution >= 0.6 is 12.2 Å². The second-order valence-electron chi connectivity index (χ2n) is 7.81. The number of anilines is 1.